The van der Waals surface area contributed by atoms with E-state index in [1.807, 2.05) is 49.4 Å². The van der Waals surface area contributed by atoms with Crippen LogP contribution in [-0.4, -0.2) is 38.6 Å². The van der Waals surface area contributed by atoms with Crippen LogP contribution >= 0.6 is 0 Å². The lowest BCUT2D eigenvalue weighted by molar-refractivity contribution is 0.0953. The molecule has 1 amide bonds. The molecule has 0 saturated heterocycles. The van der Waals surface area contributed by atoms with E-state index in [1.54, 1.807) is 19.2 Å². The van der Waals surface area contributed by atoms with Crippen LogP contribution in [0.5, 0.6) is 5.75 Å². The molecule has 0 aliphatic rings. The molecule has 2 aromatic rings. The number of hydrogen-bond acceptors (Lipinski definition) is 3. The monoisotopic (exact) mass is 368 g/mol. The van der Waals surface area contributed by atoms with Gasteiger partial charge in [0.15, 0.2) is 5.96 Å². The molecule has 27 heavy (non-hydrogen) atoms. The number of guanidine groups is 1. The zero-order chi connectivity index (χ0) is 19.3. The SMILES string of the molecule is CCNC(=NCc1ccccc1OC)NCCCNC(=O)c1ccccc1. The van der Waals surface area contributed by atoms with Crippen LogP contribution in [0, 0.1) is 0 Å². The van der Waals surface area contributed by atoms with Crippen molar-refractivity contribution >= 4 is 11.9 Å². The van der Waals surface area contributed by atoms with Gasteiger partial charge < -0.3 is 20.7 Å². The number of carbonyl (C=O) groups excluding carboxylic acids is 1. The van der Waals surface area contributed by atoms with Crippen LogP contribution in [0.4, 0.5) is 0 Å². The quantitative estimate of drug-likeness (QED) is 0.361. The largest absolute Gasteiger partial charge is 0.496 e. The second-order valence-electron chi connectivity index (χ2n) is 5.91. The van der Waals surface area contributed by atoms with Crippen molar-refractivity contribution in [1.29, 1.82) is 0 Å². The fourth-order valence-electron chi connectivity index (χ4n) is 2.53. The number of nitrogens with one attached hydrogen (secondary N) is 3. The summed E-state index contributed by atoms with van der Waals surface area (Å²) in [7, 11) is 1.66. The molecular formula is C21H28N4O2. The maximum absolute atomic E-state index is 12.0. The van der Waals surface area contributed by atoms with E-state index >= 15 is 0 Å². The summed E-state index contributed by atoms with van der Waals surface area (Å²) in [5.74, 6) is 1.53. The molecule has 6 heteroatoms. The van der Waals surface area contributed by atoms with Gasteiger partial charge >= 0.3 is 0 Å². The number of rotatable bonds is 9. The minimum Gasteiger partial charge on any atom is -0.496 e. The minimum absolute atomic E-state index is 0.0488. The molecule has 6 nitrogen and oxygen atoms in total. The summed E-state index contributed by atoms with van der Waals surface area (Å²) in [5, 5.41) is 9.44. The molecule has 0 fully saturated rings. The van der Waals surface area contributed by atoms with Crippen LogP contribution in [0.1, 0.15) is 29.3 Å². The highest BCUT2D eigenvalue weighted by Crippen LogP contribution is 2.17. The molecule has 0 spiro atoms. The van der Waals surface area contributed by atoms with Gasteiger partial charge in [-0.1, -0.05) is 36.4 Å². The summed E-state index contributed by atoms with van der Waals surface area (Å²) in [6.07, 6.45) is 0.803. The second-order valence-corrected chi connectivity index (χ2v) is 5.91. The maximum Gasteiger partial charge on any atom is 0.251 e. The number of methoxy groups -OCH3 is 1. The Morgan fingerprint density at radius 2 is 1.67 bits per heavy atom. The van der Waals surface area contributed by atoms with Crippen molar-refractivity contribution in [2.75, 3.05) is 26.7 Å². The highest BCUT2D eigenvalue weighted by atomic mass is 16.5. The van der Waals surface area contributed by atoms with Crippen molar-refractivity contribution in [3.05, 3.63) is 65.7 Å². The fraction of sp³-hybridized carbons (Fsp3) is 0.333. The Hall–Kier alpha value is -3.02. The molecule has 0 aromatic heterocycles. The summed E-state index contributed by atoms with van der Waals surface area (Å²) in [6.45, 7) is 4.66. The summed E-state index contributed by atoms with van der Waals surface area (Å²) < 4.78 is 5.36. The molecule has 2 rings (SSSR count). The number of aliphatic imine (C=N–C) groups is 1. The zero-order valence-electron chi connectivity index (χ0n) is 16.0. The summed E-state index contributed by atoms with van der Waals surface area (Å²) >= 11 is 0. The van der Waals surface area contributed by atoms with Gasteiger partial charge in [0.2, 0.25) is 0 Å². The molecule has 144 valence electrons. The first-order valence-corrected chi connectivity index (χ1v) is 9.22. The van der Waals surface area contributed by atoms with Crippen molar-refractivity contribution in [3.8, 4) is 5.75 Å². The van der Waals surface area contributed by atoms with Crippen LogP contribution in [0.2, 0.25) is 0 Å². The molecule has 0 aliphatic carbocycles. The van der Waals surface area contributed by atoms with Gasteiger partial charge in [-0.3, -0.25) is 4.79 Å². The number of ether oxygens (including phenoxy) is 1. The first-order chi connectivity index (χ1) is 13.2. The van der Waals surface area contributed by atoms with E-state index in [9.17, 15) is 4.79 Å². The van der Waals surface area contributed by atoms with Crippen LogP contribution < -0.4 is 20.7 Å². The molecule has 0 unspecified atom stereocenters. The van der Waals surface area contributed by atoms with Gasteiger partial charge in [-0.05, 0) is 31.5 Å². The van der Waals surface area contributed by atoms with Crippen molar-refractivity contribution in [2.45, 2.75) is 19.9 Å². The average Bonchev–Trinajstić information content (AvgIpc) is 2.72. The van der Waals surface area contributed by atoms with Gasteiger partial charge in [-0.25, -0.2) is 4.99 Å². The standard InChI is InChI=1S/C21H28N4O2/c1-3-22-21(25-16-18-12-7-8-13-19(18)27-2)24-15-9-14-23-20(26)17-10-5-4-6-11-17/h4-8,10-13H,3,9,14-16H2,1-2H3,(H,23,26)(H2,22,24,25). The minimum atomic E-state index is -0.0488. The zero-order valence-corrected chi connectivity index (χ0v) is 16.0. The van der Waals surface area contributed by atoms with Crippen LogP contribution in [0.15, 0.2) is 59.6 Å². The Morgan fingerprint density at radius 3 is 2.41 bits per heavy atom. The van der Waals surface area contributed by atoms with Gasteiger partial charge in [0.1, 0.15) is 5.75 Å². The summed E-state index contributed by atoms with van der Waals surface area (Å²) in [4.78, 5) is 16.6. The third-order valence-electron chi connectivity index (χ3n) is 3.91. The molecule has 3 N–H and O–H groups in total. The fourth-order valence-corrected chi connectivity index (χ4v) is 2.53. The van der Waals surface area contributed by atoms with Gasteiger partial charge in [0.05, 0.1) is 13.7 Å². The molecule has 0 aliphatic heterocycles. The van der Waals surface area contributed by atoms with Crippen molar-refractivity contribution in [2.24, 2.45) is 4.99 Å². The van der Waals surface area contributed by atoms with Gasteiger partial charge in [-0.2, -0.15) is 0 Å². The summed E-state index contributed by atoms with van der Waals surface area (Å²) in [5.41, 5.74) is 1.71. The normalized spacial score (nSPS) is 11.0. The smallest absolute Gasteiger partial charge is 0.251 e. The van der Waals surface area contributed by atoms with Crippen LogP contribution in [0.3, 0.4) is 0 Å². The van der Waals surface area contributed by atoms with Gasteiger partial charge in [0.25, 0.3) is 5.91 Å². The second kappa shape index (κ2) is 11.6. The predicted molar refractivity (Wildman–Crippen MR) is 109 cm³/mol. The van der Waals surface area contributed by atoms with E-state index in [1.165, 1.54) is 0 Å². The first kappa shape index (κ1) is 20.3. The van der Waals surface area contributed by atoms with Gasteiger partial charge in [0, 0.05) is 30.8 Å². The molecule has 0 bridgehead atoms. The number of nitrogens with zero attached hydrogens (tertiary/aromatic N) is 1. The van der Waals surface area contributed by atoms with E-state index in [0.717, 1.165) is 30.2 Å². The third kappa shape index (κ3) is 7.01. The van der Waals surface area contributed by atoms with E-state index in [2.05, 4.69) is 20.9 Å². The maximum atomic E-state index is 12.0. The molecule has 2 aromatic carbocycles. The lowest BCUT2D eigenvalue weighted by Crippen LogP contribution is -2.38. The van der Waals surface area contributed by atoms with E-state index in [4.69, 9.17) is 4.74 Å². The Morgan fingerprint density at radius 1 is 0.963 bits per heavy atom. The number of benzene rings is 2. The molecule has 0 radical (unpaired) electrons. The number of amides is 1. The lowest BCUT2D eigenvalue weighted by Gasteiger charge is -2.12. The molecule has 0 atom stereocenters. The molecule has 0 heterocycles. The van der Waals surface area contributed by atoms with E-state index < -0.39 is 0 Å². The first-order valence-electron chi connectivity index (χ1n) is 9.22. The molecule has 0 saturated carbocycles. The Kier molecular flexibility index (Phi) is 8.69. The highest BCUT2D eigenvalue weighted by Gasteiger charge is 2.04. The van der Waals surface area contributed by atoms with Crippen LogP contribution in [0.25, 0.3) is 0 Å². The van der Waals surface area contributed by atoms with Crippen molar-refractivity contribution in [3.63, 3.8) is 0 Å². The van der Waals surface area contributed by atoms with E-state index in [-0.39, 0.29) is 5.91 Å². The Labute approximate surface area is 161 Å². The van der Waals surface area contributed by atoms with E-state index in [0.29, 0.717) is 25.2 Å². The third-order valence-corrected chi connectivity index (χ3v) is 3.91. The Balaban J connectivity index is 1.76. The highest BCUT2D eigenvalue weighted by molar-refractivity contribution is 5.94. The Bertz CT molecular complexity index is 732. The number of para-hydroxylation sites is 1. The number of carbonyl (C=O) groups is 1. The van der Waals surface area contributed by atoms with Gasteiger partial charge in [-0.15, -0.1) is 0 Å². The summed E-state index contributed by atoms with van der Waals surface area (Å²) in [6, 6.07) is 17.1. The van der Waals surface area contributed by atoms with Crippen molar-refractivity contribution in [1.82, 2.24) is 16.0 Å². The van der Waals surface area contributed by atoms with Crippen LogP contribution in [-0.2, 0) is 6.54 Å². The van der Waals surface area contributed by atoms with Crippen molar-refractivity contribution < 1.29 is 9.53 Å². The number of hydrogen-bond donors (Lipinski definition) is 3. The topological polar surface area (TPSA) is 74.8 Å². The predicted octanol–water partition coefficient (Wildman–Crippen LogP) is 2.57. The average molecular weight is 368 g/mol. The lowest BCUT2D eigenvalue weighted by atomic mass is 10.2. The molecular weight excluding hydrogens is 340 g/mol.